The second-order valence-electron chi connectivity index (χ2n) is 7.65. The first-order valence-electron chi connectivity index (χ1n) is 10.3. The van der Waals surface area contributed by atoms with E-state index in [0.29, 0.717) is 17.3 Å². The van der Waals surface area contributed by atoms with E-state index in [1.54, 1.807) is 0 Å². The molecule has 4 aromatic rings. The third-order valence-corrected chi connectivity index (χ3v) is 5.07. The fourth-order valence-corrected chi connectivity index (χ4v) is 3.48. The maximum Gasteiger partial charge on any atom is 0.417 e. The predicted octanol–water partition coefficient (Wildman–Crippen LogP) is 5.11. The maximum atomic E-state index is 13.8. The highest BCUT2D eigenvalue weighted by atomic mass is 19.4. The summed E-state index contributed by atoms with van der Waals surface area (Å²) in [5.74, 6) is -1.84. The normalized spacial score (nSPS) is 11.5. The van der Waals surface area contributed by atoms with Gasteiger partial charge in [0.2, 0.25) is 5.88 Å². The van der Waals surface area contributed by atoms with E-state index in [9.17, 15) is 27.2 Å². The van der Waals surface area contributed by atoms with Crippen molar-refractivity contribution in [2.45, 2.75) is 20.0 Å². The van der Waals surface area contributed by atoms with Gasteiger partial charge >= 0.3 is 6.18 Å². The van der Waals surface area contributed by atoms with Crippen molar-refractivity contribution in [1.82, 2.24) is 14.8 Å². The molecule has 2 aromatic heterocycles. The van der Waals surface area contributed by atoms with Crippen molar-refractivity contribution in [3.63, 3.8) is 0 Å². The molecule has 1 N–H and O–H groups in total. The molecule has 0 fully saturated rings. The molecule has 0 aliphatic heterocycles. The number of anilines is 1. The summed E-state index contributed by atoms with van der Waals surface area (Å²) < 4.78 is 61.6. The Hall–Kier alpha value is -4.28. The largest absolute Gasteiger partial charge is 0.467 e. The van der Waals surface area contributed by atoms with Crippen molar-refractivity contribution >= 4 is 28.4 Å². The van der Waals surface area contributed by atoms with Gasteiger partial charge in [0.05, 0.1) is 22.3 Å². The number of nitrogens with one attached hydrogen (secondary N) is 1. The Morgan fingerprint density at radius 1 is 1.09 bits per heavy atom. The van der Waals surface area contributed by atoms with Gasteiger partial charge in [0.25, 0.3) is 5.91 Å². The highest BCUT2D eigenvalue weighted by Gasteiger charge is 2.36. The molecule has 0 aliphatic rings. The molecule has 0 spiro atoms. The van der Waals surface area contributed by atoms with E-state index in [1.807, 2.05) is 0 Å². The number of carbonyl (C=O) groups is 2. The molecule has 0 saturated carbocycles. The predicted molar refractivity (Wildman–Crippen MR) is 119 cm³/mol. The molecule has 0 saturated heterocycles. The van der Waals surface area contributed by atoms with Gasteiger partial charge in [0.15, 0.2) is 18.0 Å². The zero-order chi connectivity index (χ0) is 25.3. The Balaban J connectivity index is 1.64. The smallest absolute Gasteiger partial charge is 0.417 e. The van der Waals surface area contributed by atoms with E-state index in [-0.39, 0.29) is 28.2 Å². The van der Waals surface area contributed by atoms with Gasteiger partial charge in [-0.1, -0.05) is 6.07 Å². The molecule has 0 aliphatic carbocycles. The van der Waals surface area contributed by atoms with Crippen LogP contribution in [0.3, 0.4) is 0 Å². The van der Waals surface area contributed by atoms with Crippen LogP contribution in [-0.2, 0) is 11.0 Å². The molecular formula is C24H18F4N4O3. The van der Waals surface area contributed by atoms with Crippen molar-refractivity contribution in [3.8, 4) is 11.6 Å². The van der Waals surface area contributed by atoms with E-state index < -0.39 is 36.0 Å². The summed E-state index contributed by atoms with van der Waals surface area (Å²) in [7, 11) is 0. The van der Waals surface area contributed by atoms with Crippen LogP contribution in [0.25, 0.3) is 16.7 Å². The number of carbonyl (C=O) groups excluding carboxylic acids is 2. The highest BCUT2D eigenvalue weighted by molar-refractivity contribution is 5.96. The minimum Gasteiger partial charge on any atom is -0.467 e. The average Bonchev–Trinajstić information content (AvgIpc) is 3.13. The minimum atomic E-state index is -4.76. The summed E-state index contributed by atoms with van der Waals surface area (Å²) in [4.78, 5) is 27.7. The summed E-state index contributed by atoms with van der Waals surface area (Å²) in [5, 5.41) is 6.38. The first-order chi connectivity index (χ1) is 16.5. The number of aryl methyl sites for hydroxylation is 1. The van der Waals surface area contributed by atoms with Gasteiger partial charge in [-0.2, -0.15) is 23.3 Å². The lowest BCUT2D eigenvalue weighted by atomic mass is 10.1. The van der Waals surface area contributed by atoms with E-state index in [0.717, 1.165) is 10.7 Å². The number of halogens is 4. The molecule has 7 nitrogen and oxygen atoms in total. The Labute approximate surface area is 196 Å². The minimum absolute atomic E-state index is 0.0439. The summed E-state index contributed by atoms with van der Waals surface area (Å²) in [5.41, 5.74) is -0.185. The Morgan fingerprint density at radius 2 is 1.80 bits per heavy atom. The van der Waals surface area contributed by atoms with Gasteiger partial charge in [-0.25, -0.2) is 9.07 Å². The van der Waals surface area contributed by atoms with Crippen LogP contribution in [0.4, 0.5) is 23.2 Å². The first kappa shape index (κ1) is 23.9. The van der Waals surface area contributed by atoms with Crippen LogP contribution in [0.5, 0.6) is 5.88 Å². The Kier molecular flexibility index (Phi) is 6.25. The van der Waals surface area contributed by atoms with Crippen LogP contribution in [-0.4, -0.2) is 33.1 Å². The SMILES string of the molecule is CC(=O)c1ccc(NC(=O)COc2cc(C(F)(F)F)c3c(C)nn(-c4cccc(F)c4)c3n2)cc1. The summed E-state index contributed by atoms with van der Waals surface area (Å²) in [6.45, 7) is 2.17. The number of amides is 1. The first-order valence-corrected chi connectivity index (χ1v) is 10.3. The molecule has 0 unspecified atom stereocenters. The molecule has 180 valence electrons. The number of Topliss-reactive ketones (excluding diaryl/α,β-unsaturated/α-hetero) is 1. The van der Waals surface area contributed by atoms with E-state index in [4.69, 9.17) is 4.74 Å². The van der Waals surface area contributed by atoms with Crippen LogP contribution >= 0.6 is 0 Å². The standard InChI is InChI=1S/C24H18F4N4O3/c1-13-22-19(24(26,27)28)11-21(30-23(22)32(31-13)18-5-3-4-16(25)10-18)35-12-20(34)29-17-8-6-15(7-9-17)14(2)33/h3-11H,12H2,1-2H3,(H,29,34). The van der Waals surface area contributed by atoms with Gasteiger partial charge in [0.1, 0.15) is 5.82 Å². The summed E-state index contributed by atoms with van der Waals surface area (Å²) in [6.07, 6.45) is -4.76. The monoisotopic (exact) mass is 486 g/mol. The lowest BCUT2D eigenvalue weighted by molar-refractivity contribution is -0.136. The van der Waals surface area contributed by atoms with Crippen LogP contribution < -0.4 is 10.1 Å². The zero-order valence-corrected chi connectivity index (χ0v) is 18.5. The van der Waals surface area contributed by atoms with Crippen molar-refractivity contribution in [2.75, 3.05) is 11.9 Å². The number of hydrogen-bond acceptors (Lipinski definition) is 5. The number of rotatable bonds is 6. The fourth-order valence-electron chi connectivity index (χ4n) is 3.48. The molecule has 2 aromatic carbocycles. The lowest BCUT2D eigenvalue weighted by Gasteiger charge is -2.12. The molecular weight excluding hydrogens is 468 g/mol. The van der Waals surface area contributed by atoms with Gasteiger partial charge in [-0.15, -0.1) is 0 Å². The van der Waals surface area contributed by atoms with E-state index in [2.05, 4.69) is 15.4 Å². The average molecular weight is 486 g/mol. The van der Waals surface area contributed by atoms with Crippen LogP contribution in [0.1, 0.15) is 28.5 Å². The Bertz CT molecular complexity index is 1430. The molecule has 0 bridgehead atoms. The molecule has 0 atom stereocenters. The van der Waals surface area contributed by atoms with Crippen molar-refractivity contribution in [1.29, 1.82) is 0 Å². The van der Waals surface area contributed by atoms with Crippen LogP contribution in [0, 0.1) is 12.7 Å². The third-order valence-electron chi connectivity index (χ3n) is 5.07. The molecule has 2 heterocycles. The highest BCUT2D eigenvalue weighted by Crippen LogP contribution is 2.38. The van der Waals surface area contributed by atoms with Gasteiger partial charge in [-0.3, -0.25) is 9.59 Å². The van der Waals surface area contributed by atoms with Crippen molar-refractivity contribution < 1.29 is 31.9 Å². The molecule has 11 heteroatoms. The number of ether oxygens (including phenoxy) is 1. The van der Waals surface area contributed by atoms with E-state index >= 15 is 0 Å². The second-order valence-corrected chi connectivity index (χ2v) is 7.65. The number of nitrogens with zero attached hydrogens (tertiary/aromatic N) is 3. The molecule has 4 rings (SSSR count). The summed E-state index contributed by atoms with van der Waals surface area (Å²) >= 11 is 0. The maximum absolute atomic E-state index is 13.8. The number of pyridine rings is 1. The number of aromatic nitrogens is 3. The molecule has 35 heavy (non-hydrogen) atoms. The number of alkyl halides is 3. The number of ketones is 1. The third kappa shape index (κ3) is 5.13. The van der Waals surface area contributed by atoms with Crippen molar-refractivity contribution in [2.24, 2.45) is 0 Å². The van der Waals surface area contributed by atoms with E-state index in [1.165, 1.54) is 56.3 Å². The topological polar surface area (TPSA) is 86.1 Å². The van der Waals surface area contributed by atoms with Crippen LogP contribution in [0.15, 0.2) is 54.6 Å². The lowest BCUT2D eigenvalue weighted by Crippen LogP contribution is -2.21. The fraction of sp³-hybridized carbons (Fsp3) is 0.167. The van der Waals surface area contributed by atoms with Crippen LogP contribution in [0.2, 0.25) is 0 Å². The number of hydrogen-bond donors (Lipinski definition) is 1. The molecule has 1 amide bonds. The molecule has 0 radical (unpaired) electrons. The summed E-state index contributed by atoms with van der Waals surface area (Å²) in [6, 6.07) is 12.0. The second kappa shape index (κ2) is 9.16. The quantitative estimate of drug-likeness (QED) is 0.303. The van der Waals surface area contributed by atoms with Gasteiger partial charge in [-0.05, 0) is 56.3 Å². The number of benzene rings is 2. The van der Waals surface area contributed by atoms with Gasteiger partial charge in [0, 0.05) is 17.3 Å². The Morgan fingerprint density at radius 3 is 2.43 bits per heavy atom. The number of fused-ring (bicyclic) bond motifs is 1. The van der Waals surface area contributed by atoms with Crippen molar-refractivity contribution in [3.05, 3.63) is 77.2 Å². The zero-order valence-electron chi connectivity index (χ0n) is 18.5. The van der Waals surface area contributed by atoms with Gasteiger partial charge < -0.3 is 10.1 Å².